The van der Waals surface area contributed by atoms with Gasteiger partial charge in [0.15, 0.2) is 0 Å². The van der Waals surface area contributed by atoms with E-state index in [4.69, 9.17) is 0 Å². The molecule has 2 fully saturated rings. The molecule has 2 aliphatic rings. The van der Waals surface area contributed by atoms with Crippen LogP contribution in [0.25, 0.3) is 0 Å². The average molecular weight is 428 g/mol. The molecule has 2 rings (SSSR count). The fraction of sp³-hybridized carbons (Fsp3) is 1.00. The quantitative estimate of drug-likeness (QED) is 0.429. The second kappa shape index (κ2) is 18.5. The topological polar surface area (TPSA) is 36.1 Å². The van der Waals surface area contributed by atoms with Gasteiger partial charge in [0.2, 0.25) is 0 Å². The highest BCUT2D eigenvalue weighted by Gasteiger charge is 2.24. The Kier molecular flexibility index (Phi) is 19.7. The van der Waals surface area contributed by atoms with Crippen LogP contribution in [-0.2, 0) is 0 Å². The van der Waals surface area contributed by atoms with Crippen molar-refractivity contribution in [1.29, 1.82) is 0 Å². The van der Waals surface area contributed by atoms with Crippen LogP contribution in [0.15, 0.2) is 0 Å². The molecule has 0 bridgehead atoms. The molecule has 184 valence electrons. The summed E-state index contributed by atoms with van der Waals surface area (Å²) in [7, 11) is 4.02. The van der Waals surface area contributed by atoms with Crippen molar-refractivity contribution in [2.45, 2.75) is 120 Å². The van der Waals surface area contributed by atoms with Gasteiger partial charge in [0.1, 0.15) is 0 Å². The molecule has 0 radical (unpaired) electrons. The molecule has 2 atom stereocenters. The highest BCUT2D eigenvalue weighted by molar-refractivity contribution is 4.76. The predicted molar refractivity (Wildman–Crippen MR) is 139 cm³/mol. The summed E-state index contributed by atoms with van der Waals surface area (Å²) >= 11 is 0. The Bertz CT molecular complexity index is 345. The normalized spacial score (nSPS) is 19.5. The molecule has 0 aromatic rings. The minimum absolute atomic E-state index is 0.653. The van der Waals surface area contributed by atoms with Crippen LogP contribution in [-0.4, -0.2) is 38.8 Å². The maximum absolute atomic E-state index is 3.46. The van der Waals surface area contributed by atoms with Crippen molar-refractivity contribution < 1.29 is 0 Å². The second-order valence-corrected chi connectivity index (χ2v) is 11.2. The zero-order valence-corrected chi connectivity index (χ0v) is 23.2. The lowest BCUT2D eigenvalue weighted by Crippen LogP contribution is -2.35. The first kappa shape index (κ1) is 32.1. The molecule has 0 aromatic heterocycles. The highest BCUT2D eigenvalue weighted by atomic mass is 14.9. The van der Waals surface area contributed by atoms with Gasteiger partial charge < -0.3 is 16.0 Å². The summed E-state index contributed by atoms with van der Waals surface area (Å²) in [4.78, 5) is 0. The third-order valence-electron chi connectivity index (χ3n) is 6.69. The van der Waals surface area contributed by atoms with Gasteiger partial charge in [-0.25, -0.2) is 0 Å². The summed E-state index contributed by atoms with van der Waals surface area (Å²) < 4.78 is 0. The largest absolute Gasteiger partial charge is 0.317 e. The van der Waals surface area contributed by atoms with Crippen LogP contribution in [0.4, 0.5) is 0 Å². The molecule has 0 aromatic carbocycles. The van der Waals surface area contributed by atoms with Gasteiger partial charge in [-0.15, -0.1) is 0 Å². The fourth-order valence-corrected chi connectivity index (χ4v) is 3.81. The Balaban J connectivity index is 0. The van der Waals surface area contributed by atoms with Crippen LogP contribution in [0.5, 0.6) is 0 Å². The van der Waals surface area contributed by atoms with Gasteiger partial charge in [-0.3, -0.25) is 0 Å². The van der Waals surface area contributed by atoms with Crippen molar-refractivity contribution in [3.63, 3.8) is 0 Å². The van der Waals surface area contributed by atoms with Crippen molar-refractivity contribution >= 4 is 0 Å². The van der Waals surface area contributed by atoms with E-state index >= 15 is 0 Å². The zero-order chi connectivity index (χ0) is 23.9. The van der Waals surface area contributed by atoms with Crippen LogP contribution in [0.1, 0.15) is 102 Å². The lowest BCUT2D eigenvalue weighted by Gasteiger charge is -2.23. The molecule has 0 amide bonds. The number of rotatable bonds is 7. The van der Waals surface area contributed by atoms with Crippen LogP contribution >= 0.6 is 0 Å². The van der Waals surface area contributed by atoms with E-state index in [-0.39, 0.29) is 0 Å². The Hall–Kier alpha value is -0.120. The predicted octanol–water partition coefficient (Wildman–Crippen LogP) is 6.58. The van der Waals surface area contributed by atoms with E-state index in [9.17, 15) is 0 Å². The Morgan fingerprint density at radius 1 is 0.633 bits per heavy atom. The molecule has 3 N–H and O–H groups in total. The molecule has 1 saturated heterocycles. The molecule has 1 aliphatic carbocycles. The van der Waals surface area contributed by atoms with Gasteiger partial charge in [-0.1, -0.05) is 69.2 Å². The van der Waals surface area contributed by atoms with Gasteiger partial charge >= 0.3 is 0 Å². The molecule has 3 heteroatoms. The first-order valence-electron chi connectivity index (χ1n) is 13.0. The maximum Gasteiger partial charge on any atom is 0.0110 e. The van der Waals surface area contributed by atoms with E-state index in [0.29, 0.717) is 12.1 Å². The maximum atomic E-state index is 3.46. The molecule has 1 saturated carbocycles. The monoisotopic (exact) mass is 427 g/mol. The molecular formula is C27H61N3. The van der Waals surface area contributed by atoms with Crippen molar-refractivity contribution in [1.82, 2.24) is 16.0 Å². The molecule has 1 heterocycles. The van der Waals surface area contributed by atoms with E-state index in [1.165, 1.54) is 32.2 Å². The van der Waals surface area contributed by atoms with Crippen LogP contribution in [0.2, 0.25) is 0 Å². The standard InChI is InChI=1S/C8H19N.C7H15N.C6H15N.C6H12/c1-6(2)8(9-5)7(3)4;1-6(2)7-4-3-5-8-7;1-5(2)6(3)7-4;1-5(2)6-3-4-6/h6-9H,1-5H3;6-8H,3-5H2,1-2H3;5-7H,1-4H3;5-6H,3-4H2,1-2H3/t;7-;6-;/m.00./s1. The first-order valence-corrected chi connectivity index (χ1v) is 13.0. The molecule has 0 unspecified atom stereocenters. The Morgan fingerprint density at radius 2 is 1.13 bits per heavy atom. The number of hydrogen-bond donors (Lipinski definition) is 3. The molecule has 30 heavy (non-hydrogen) atoms. The van der Waals surface area contributed by atoms with Gasteiger partial charge in [-0.05, 0) is 88.8 Å². The third-order valence-corrected chi connectivity index (χ3v) is 6.69. The van der Waals surface area contributed by atoms with Gasteiger partial charge in [-0.2, -0.15) is 0 Å². The Labute approximate surface area is 192 Å². The summed E-state index contributed by atoms with van der Waals surface area (Å²) in [6.45, 7) is 26.0. The molecule has 1 aliphatic heterocycles. The van der Waals surface area contributed by atoms with E-state index in [1.54, 1.807) is 0 Å². The van der Waals surface area contributed by atoms with Crippen molar-refractivity contribution in [2.24, 2.45) is 35.5 Å². The van der Waals surface area contributed by atoms with Crippen LogP contribution in [0.3, 0.4) is 0 Å². The minimum atomic E-state index is 0.653. The molecule has 3 nitrogen and oxygen atoms in total. The lowest BCUT2D eigenvalue weighted by molar-refractivity contribution is 0.334. The van der Waals surface area contributed by atoms with Crippen LogP contribution in [0, 0.1) is 35.5 Å². The van der Waals surface area contributed by atoms with E-state index in [1.807, 2.05) is 14.1 Å². The summed E-state index contributed by atoms with van der Waals surface area (Å²) in [6, 6.07) is 2.14. The first-order chi connectivity index (χ1) is 13.9. The molecular weight excluding hydrogens is 366 g/mol. The van der Waals surface area contributed by atoms with Crippen LogP contribution < -0.4 is 16.0 Å². The van der Waals surface area contributed by atoms with Gasteiger partial charge in [0.05, 0.1) is 0 Å². The average Bonchev–Trinajstić information content (AvgIpc) is 3.37. The smallest absolute Gasteiger partial charge is 0.0110 e. The summed E-state index contributed by atoms with van der Waals surface area (Å²) in [5.74, 6) is 5.14. The van der Waals surface area contributed by atoms with Crippen molar-refractivity contribution in [3.8, 4) is 0 Å². The van der Waals surface area contributed by atoms with E-state index in [0.717, 1.165) is 41.5 Å². The SMILES string of the molecule is CC(C)C1CC1.CC(C)[C@@H]1CCCN1.CNC(C(C)C)C(C)C.CN[C@@H](C)C(C)C. The van der Waals surface area contributed by atoms with E-state index < -0.39 is 0 Å². The van der Waals surface area contributed by atoms with Crippen molar-refractivity contribution in [3.05, 3.63) is 0 Å². The van der Waals surface area contributed by atoms with Gasteiger partial charge in [0, 0.05) is 18.1 Å². The summed E-state index contributed by atoms with van der Waals surface area (Å²) in [5.41, 5.74) is 0. The summed E-state index contributed by atoms with van der Waals surface area (Å²) in [6.07, 6.45) is 5.76. The van der Waals surface area contributed by atoms with Crippen molar-refractivity contribution in [2.75, 3.05) is 20.6 Å². The zero-order valence-electron chi connectivity index (χ0n) is 23.2. The number of nitrogens with one attached hydrogen (secondary N) is 3. The third kappa shape index (κ3) is 17.5. The lowest BCUT2D eigenvalue weighted by atomic mass is 9.94. The van der Waals surface area contributed by atoms with E-state index in [2.05, 4.69) is 92.1 Å². The minimum Gasteiger partial charge on any atom is -0.317 e. The second-order valence-electron chi connectivity index (χ2n) is 11.2. The highest BCUT2D eigenvalue weighted by Crippen LogP contribution is 2.35. The molecule has 0 spiro atoms. The Morgan fingerprint density at radius 3 is 1.20 bits per heavy atom. The van der Waals surface area contributed by atoms with Gasteiger partial charge in [0.25, 0.3) is 0 Å². The number of hydrogen-bond acceptors (Lipinski definition) is 3. The summed E-state index contributed by atoms with van der Waals surface area (Å²) in [5, 5.41) is 9.92. The fourth-order valence-electron chi connectivity index (χ4n) is 3.81.